The van der Waals surface area contributed by atoms with Gasteiger partial charge < -0.3 is 10.5 Å². The van der Waals surface area contributed by atoms with Crippen LogP contribution in [0.4, 0.5) is 10.1 Å². The first kappa shape index (κ1) is 14.1. The number of ketones is 1. The monoisotopic (exact) mass is 273 g/mol. The Bertz CT molecular complexity index is 623. The molecule has 20 heavy (non-hydrogen) atoms. The van der Waals surface area contributed by atoms with E-state index in [9.17, 15) is 9.18 Å². The van der Waals surface area contributed by atoms with Crippen molar-refractivity contribution in [2.75, 3.05) is 5.73 Å². The van der Waals surface area contributed by atoms with Gasteiger partial charge in [0.1, 0.15) is 11.6 Å². The molecule has 0 aliphatic carbocycles. The molecule has 0 saturated heterocycles. The molecule has 0 aliphatic heterocycles. The Hall–Kier alpha value is -2.36. The highest BCUT2D eigenvalue weighted by molar-refractivity contribution is 5.99. The minimum atomic E-state index is -0.689. The van der Waals surface area contributed by atoms with Crippen LogP contribution in [0.15, 0.2) is 42.5 Å². The van der Waals surface area contributed by atoms with Crippen molar-refractivity contribution in [3.8, 4) is 5.75 Å². The van der Waals surface area contributed by atoms with Crippen LogP contribution in [0.3, 0.4) is 0 Å². The maximum atomic E-state index is 12.8. The number of carbonyl (C=O) groups excluding carboxylic acids is 1. The number of hydrogen-bond acceptors (Lipinski definition) is 3. The van der Waals surface area contributed by atoms with Crippen LogP contribution >= 0.6 is 0 Å². The van der Waals surface area contributed by atoms with E-state index in [0.29, 0.717) is 17.0 Å². The molecule has 0 aliphatic rings. The number of anilines is 1. The first-order valence-corrected chi connectivity index (χ1v) is 6.30. The third kappa shape index (κ3) is 3.15. The molecule has 3 nitrogen and oxygen atoms in total. The number of nitrogen functional groups attached to an aromatic ring is 1. The Morgan fingerprint density at radius 1 is 1.20 bits per heavy atom. The van der Waals surface area contributed by atoms with E-state index >= 15 is 0 Å². The molecular weight excluding hydrogens is 257 g/mol. The maximum Gasteiger partial charge on any atom is 0.202 e. The minimum Gasteiger partial charge on any atom is -0.480 e. The van der Waals surface area contributed by atoms with Crippen molar-refractivity contribution in [3.63, 3.8) is 0 Å². The summed E-state index contributed by atoms with van der Waals surface area (Å²) in [4.78, 5) is 12.2. The number of hydrogen-bond donors (Lipinski definition) is 1. The van der Waals surface area contributed by atoms with Crippen LogP contribution < -0.4 is 10.5 Å². The van der Waals surface area contributed by atoms with Gasteiger partial charge in [0.2, 0.25) is 5.78 Å². The van der Waals surface area contributed by atoms with Gasteiger partial charge in [-0.05, 0) is 55.8 Å². The average molecular weight is 273 g/mol. The van der Waals surface area contributed by atoms with Gasteiger partial charge in [-0.1, -0.05) is 6.07 Å². The fourth-order valence-electron chi connectivity index (χ4n) is 1.87. The Balaban J connectivity index is 2.13. The summed E-state index contributed by atoms with van der Waals surface area (Å²) in [6, 6.07) is 10.8. The van der Waals surface area contributed by atoms with Gasteiger partial charge in [0, 0.05) is 5.56 Å². The molecule has 0 saturated carbocycles. The summed E-state index contributed by atoms with van der Waals surface area (Å²) in [5.41, 5.74) is 7.76. The maximum absolute atomic E-state index is 12.8. The number of ether oxygens (including phenoxy) is 1. The molecule has 4 heteroatoms. The highest BCUT2D eigenvalue weighted by atomic mass is 19.1. The molecule has 0 spiro atoms. The molecule has 0 amide bonds. The molecule has 1 unspecified atom stereocenters. The van der Waals surface area contributed by atoms with Crippen molar-refractivity contribution in [2.24, 2.45) is 0 Å². The summed E-state index contributed by atoms with van der Waals surface area (Å²) < 4.78 is 18.4. The van der Waals surface area contributed by atoms with Gasteiger partial charge in [-0.25, -0.2) is 4.39 Å². The second-order valence-electron chi connectivity index (χ2n) is 4.67. The molecule has 0 heterocycles. The lowest BCUT2D eigenvalue weighted by molar-refractivity contribution is 0.0819. The Morgan fingerprint density at radius 3 is 2.45 bits per heavy atom. The summed E-state index contributed by atoms with van der Waals surface area (Å²) in [5, 5.41) is 0. The van der Waals surface area contributed by atoms with Crippen LogP contribution in [0, 0.1) is 12.7 Å². The molecule has 0 fully saturated rings. The third-order valence-corrected chi connectivity index (χ3v) is 2.97. The third-order valence-electron chi connectivity index (χ3n) is 2.97. The van der Waals surface area contributed by atoms with Crippen molar-refractivity contribution in [1.29, 1.82) is 0 Å². The zero-order valence-electron chi connectivity index (χ0n) is 11.4. The molecule has 104 valence electrons. The number of rotatable bonds is 4. The Labute approximate surface area is 117 Å². The lowest BCUT2D eigenvalue weighted by atomic mass is 10.1. The number of nitrogens with two attached hydrogens (primary N) is 1. The average Bonchev–Trinajstić information content (AvgIpc) is 2.42. The predicted molar refractivity (Wildman–Crippen MR) is 76.4 cm³/mol. The van der Waals surface area contributed by atoms with Crippen molar-refractivity contribution in [1.82, 2.24) is 0 Å². The molecular formula is C16H16FNO2. The molecule has 0 aromatic heterocycles. The van der Waals surface area contributed by atoms with Crippen LogP contribution in [-0.2, 0) is 0 Å². The van der Waals surface area contributed by atoms with E-state index in [1.807, 2.05) is 13.0 Å². The second-order valence-corrected chi connectivity index (χ2v) is 4.67. The first-order valence-electron chi connectivity index (χ1n) is 6.30. The van der Waals surface area contributed by atoms with E-state index in [2.05, 4.69) is 0 Å². The molecule has 0 bridgehead atoms. The van der Waals surface area contributed by atoms with Crippen LogP contribution in [0.25, 0.3) is 0 Å². The molecule has 2 aromatic carbocycles. The molecule has 0 radical (unpaired) electrons. The lowest BCUT2D eigenvalue weighted by Gasteiger charge is -2.15. The van der Waals surface area contributed by atoms with Gasteiger partial charge >= 0.3 is 0 Å². The Kier molecular flexibility index (Phi) is 4.03. The van der Waals surface area contributed by atoms with Gasteiger partial charge in [0.15, 0.2) is 6.10 Å². The van der Waals surface area contributed by atoms with Crippen molar-refractivity contribution in [3.05, 3.63) is 59.4 Å². The van der Waals surface area contributed by atoms with E-state index in [1.165, 1.54) is 24.3 Å². The summed E-state index contributed by atoms with van der Waals surface area (Å²) in [6.45, 7) is 3.57. The summed E-state index contributed by atoms with van der Waals surface area (Å²) in [5.74, 6) is -0.124. The molecule has 2 rings (SSSR count). The number of carbonyl (C=O) groups is 1. The predicted octanol–water partition coefficient (Wildman–Crippen LogP) is 3.37. The number of benzene rings is 2. The fourth-order valence-corrected chi connectivity index (χ4v) is 1.87. The van der Waals surface area contributed by atoms with E-state index in [-0.39, 0.29) is 11.6 Å². The number of halogens is 1. The van der Waals surface area contributed by atoms with Crippen molar-refractivity contribution in [2.45, 2.75) is 20.0 Å². The largest absolute Gasteiger partial charge is 0.480 e. The van der Waals surface area contributed by atoms with E-state index < -0.39 is 6.10 Å². The lowest BCUT2D eigenvalue weighted by Crippen LogP contribution is -2.24. The topological polar surface area (TPSA) is 52.3 Å². The van der Waals surface area contributed by atoms with Gasteiger partial charge in [-0.2, -0.15) is 0 Å². The number of aryl methyl sites for hydroxylation is 1. The van der Waals surface area contributed by atoms with E-state index in [4.69, 9.17) is 10.5 Å². The smallest absolute Gasteiger partial charge is 0.202 e. The fraction of sp³-hybridized carbons (Fsp3) is 0.188. The molecule has 1 atom stereocenters. The summed E-state index contributed by atoms with van der Waals surface area (Å²) in [7, 11) is 0. The van der Waals surface area contributed by atoms with Gasteiger partial charge in [0.05, 0.1) is 5.69 Å². The van der Waals surface area contributed by atoms with Crippen LogP contribution in [0.1, 0.15) is 22.8 Å². The normalized spacial score (nSPS) is 11.9. The van der Waals surface area contributed by atoms with Crippen LogP contribution in [0.2, 0.25) is 0 Å². The summed E-state index contributed by atoms with van der Waals surface area (Å²) in [6.07, 6.45) is -0.689. The Morgan fingerprint density at radius 2 is 1.85 bits per heavy atom. The highest BCUT2D eigenvalue weighted by Crippen LogP contribution is 2.24. The standard InChI is InChI=1S/C16H16FNO2/c1-10-3-8-15(14(18)9-10)20-11(2)16(19)12-4-6-13(17)7-5-12/h3-9,11H,18H2,1-2H3. The molecule has 2 N–H and O–H groups in total. The van der Waals surface area contributed by atoms with Crippen molar-refractivity contribution < 1.29 is 13.9 Å². The highest BCUT2D eigenvalue weighted by Gasteiger charge is 2.17. The second kappa shape index (κ2) is 5.74. The van der Waals surface area contributed by atoms with Crippen molar-refractivity contribution >= 4 is 11.5 Å². The minimum absolute atomic E-state index is 0.218. The zero-order chi connectivity index (χ0) is 14.7. The zero-order valence-corrected chi connectivity index (χ0v) is 11.4. The summed E-state index contributed by atoms with van der Waals surface area (Å²) >= 11 is 0. The van der Waals surface area contributed by atoms with Gasteiger partial charge in [0.25, 0.3) is 0 Å². The van der Waals surface area contributed by atoms with E-state index in [0.717, 1.165) is 5.56 Å². The van der Waals surface area contributed by atoms with Gasteiger partial charge in [-0.3, -0.25) is 4.79 Å². The first-order chi connectivity index (χ1) is 9.47. The molecule has 2 aromatic rings. The SMILES string of the molecule is Cc1ccc(OC(C)C(=O)c2ccc(F)cc2)c(N)c1. The van der Waals surface area contributed by atoms with Crippen LogP contribution in [0.5, 0.6) is 5.75 Å². The quantitative estimate of drug-likeness (QED) is 0.686. The van der Waals surface area contributed by atoms with E-state index in [1.54, 1.807) is 19.1 Å². The number of Topliss-reactive ketones (excluding diaryl/α,β-unsaturated/α-hetero) is 1. The van der Waals surface area contributed by atoms with Crippen LogP contribution in [-0.4, -0.2) is 11.9 Å². The van der Waals surface area contributed by atoms with Gasteiger partial charge in [-0.15, -0.1) is 0 Å².